The third kappa shape index (κ3) is 3.14. The molecule has 0 aliphatic heterocycles. The topological polar surface area (TPSA) is 71.2 Å². The number of benzene rings is 1. The molecule has 6 heteroatoms. The first-order valence-electron chi connectivity index (χ1n) is 6.31. The lowest BCUT2D eigenvalue weighted by molar-refractivity contribution is -0.128. The summed E-state index contributed by atoms with van der Waals surface area (Å²) < 4.78 is 1.03. The predicted molar refractivity (Wildman–Crippen MR) is 80.5 cm³/mol. The number of nitrogens with zero attached hydrogens (tertiary/aromatic N) is 2. The van der Waals surface area contributed by atoms with E-state index < -0.39 is 0 Å². The van der Waals surface area contributed by atoms with Crippen LogP contribution in [0.15, 0.2) is 18.2 Å². The van der Waals surface area contributed by atoms with Crippen LogP contribution in [0.25, 0.3) is 10.2 Å². The van der Waals surface area contributed by atoms with Gasteiger partial charge in [-0.15, -0.1) is 0 Å². The van der Waals surface area contributed by atoms with Crippen LogP contribution in [0.3, 0.4) is 0 Å². The Morgan fingerprint density at radius 3 is 2.84 bits per heavy atom. The fourth-order valence-electron chi connectivity index (χ4n) is 1.86. The van der Waals surface area contributed by atoms with Crippen molar-refractivity contribution in [3.63, 3.8) is 0 Å². The number of rotatable bonds is 5. The minimum absolute atomic E-state index is 0.0868. The first-order valence-corrected chi connectivity index (χ1v) is 7.13. The van der Waals surface area contributed by atoms with Crippen LogP contribution in [0.4, 0.5) is 10.8 Å². The van der Waals surface area contributed by atoms with Gasteiger partial charge in [0.05, 0.1) is 16.8 Å². The van der Waals surface area contributed by atoms with Gasteiger partial charge in [-0.1, -0.05) is 11.3 Å². The van der Waals surface area contributed by atoms with Gasteiger partial charge < -0.3 is 16.0 Å². The van der Waals surface area contributed by atoms with E-state index in [4.69, 9.17) is 5.73 Å². The number of nitrogens with one attached hydrogen (secondary N) is 1. The molecular weight excluding hydrogens is 260 g/mol. The van der Waals surface area contributed by atoms with Crippen LogP contribution in [-0.4, -0.2) is 35.4 Å². The molecule has 0 saturated heterocycles. The molecule has 0 saturated carbocycles. The summed E-state index contributed by atoms with van der Waals surface area (Å²) >= 11 is 1.51. The summed E-state index contributed by atoms with van der Waals surface area (Å²) in [6, 6.07) is 5.61. The zero-order valence-corrected chi connectivity index (χ0v) is 12.0. The van der Waals surface area contributed by atoms with E-state index in [0.717, 1.165) is 34.1 Å². The molecule has 1 aromatic heterocycles. The maximum atomic E-state index is 11.9. The van der Waals surface area contributed by atoms with Crippen molar-refractivity contribution in [1.29, 1.82) is 0 Å². The lowest BCUT2D eigenvalue weighted by Crippen LogP contribution is -2.35. The Bertz CT molecular complexity index is 577. The van der Waals surface area contributed by atoms with E-state index in [2.05, 4.69) is 10.3 Å². The molecule has 0 fully saturated rings. The molecule has 1 heterocycles. The Kier molecular flexibility index (Phi) is 4.21. The molecular formula is C13H18N4OS. The van der Waals surface area contributed by atoms with E-state index in [-0.39, 0.29) is 12.5 Å². The summed E-state index contributed by atoms with van der Waals surface area (Å²) in [5, 5.41) is 3.83. The number of hydrogen-bond acceptors (Lipinski definition) is 5. The van der Waals surface area contributed by atoms with E-state index in [0.29, 0.717) is 0 Å². The summed E-state index contributed by atoms with van der Waals surface area (Å²) in [7, 11) is 0. The molecule has 0 aliphatic rings. The van der Waals surface area contributed by atoms with Gasteiger partial charge in [-0.2, -0.15) is 0 Å². The molecule has 0 spiro atoms. The summed E-state index contributed by atoms with van der Waals surface area (Å²) in [4.78, 5) is 18.1. The van der Waals surface area contributed by atoms with Crippen LogP contribution < -0.4 is 11.1 Å². The van der Waals surface area contributed by atoms with Gasteiger partial charge in [-0.3, -0.25) is 4.79 Å². The van der Waals surface area contributed by atoms with Crippen LogP contribution in [0, 0.1) is 0 Å². The Balaban J connectivity index is 2.03. The zero-order chi connectivity index (χ0) is 13.8. The minimum Gasteiger partial charge on any atom is -0.399 e. The number of aromatic nitrogens is 1. The molecule has 102 valence electrons. The van der Waals surface area contributed by atoms with Crippen LogP contribution in [-0.2, 0) is 4.79 Å². The van der Waals surface area contributed by atoms with Crippen LogP contribution in [0.5, 0.6) is 0 Å². The molecule has 1 amide bonds. The highest BCUT2D eigenvalue weighted by molar-refractivity contribution is 7.22. The lowest BCUT2D eigenvalue weighted by Gasteiger charge is -2.18. The number of nitrogen functional groups attached to an aromatic ring is 1. The Morgan fingerprint density at radius 1 is 1.42 bits per heavy atom. The molecule has 0 bridgehead atoms. The normalized spacial score (nSPS) is 10.6. The monoisotopic (exact) mass is 278 g/mol. The molecule has 19 heavy (non-hydrogen) atoms. The van der Waals surface area contributed by atoms with E-state index in [1.807, 2.05) is 32.0 Å². The first kappa shape index (κ1) is 13.6. The number of anilines is 2. The van der Waals surface area contributed by atoms with Gasteiger partial charge in [0.25, 0.3) is 0 Å². The molecule has 0 aliphatic carbocycles. The first-order chi connectivity index (χ1) is 9.13. The number of carbonyl (C=O) groups is 1. The van der Waals surface area contributed by atoms with Crippen molar-refractivity contribution in [2.45, 2.75) is 13.8 Å². The van der Waals surface area contributed by atoms with Gasteiger partial charge in [0.15, 0.2) is 5.13 Å². The Hall–Kier alpha value is -1.82. The van der Waals surface area contributed by atoms with Gasteiger partial charge in [0, 0.05) is 18.8 Å². The van der Waals surface area contributed by atoms with Crippen molar-refractivity contribution in [2.24, 2.45) is 0 Å². The van der Waals surface area contributed by atoms with Gasteiger partial charge >= 0.3 is 0 Å². The number of fused-ring (bicyclic) bond motifs is 1. The van der Waals surface area contributed by atoms with Crippen molar-refractivity contribution >= 4 is 38.3 Å². The fourth-order valence-corrected chi connectivity index (χ4v) is 2.77. The third-order valence-electron chi connectivity index (χ3n) is 2.92. The number of thiazole rings is 1. The number of likely N-dealkylation sites (N-methyl/N-ethyl adjacent to an activating group) is 1. The van der Waals surface area contributed by atoms with Crippen molar-refractivity contribution in [1.82, 2.24) is 9.88 Å². The average molecular weight is 278 g/mol. The molecule has 0 unspecified atom stereocenters. The van der Waals surface area contributed by atoms with Crippen molar-refractivity contribution < 1.29 is 4.79 Å². The van der Waals surface area contributed by atoms with Crippen molar-refractivity contribution in [2.75, 3.05) is 30.7 Å². The summed E-state index contributed by atoms with van der Waals surface area (Å²) in [5.74, 6) is 0.0868. The smallest absolute Gasteiger partial charge is 0.241 e. The maximum absolute atomic E-state index is 11.9. The molecule has 5 nitrogen and oxygen atoms in total. The number of carbonyl (C=O) groups excluding carboxylic acids is 1. The third-order valence-corrected chi connectivity index (χ3v) is 3.90. The fraction of sp³-hybridized carbons (Fsp3) is 0.385. The Labute approximate surface area is 116 Å². The van der Waals surface area contributed by atoms with Crippen LogP contribution in [0.1, 0.15) is 13.8 Å². The highest BCUT2D eigenvalue weighted by atomic mass is 32.1. The van der Waals surface area contributed by atoms with Crippen molar-refractivity contribution in [3.8, 4) is 0 Å². The lowest BCUT2D eigenvalue weighted by atomic mass is 10.3. The molecule has 1 aromatic carbocycles. The van der Waals surface area contributed by atoms with E-state index in [9.17, 15) is 4.79 Å². The molecule has 3 N–H and O–H groups in total. The average Bonchev–Trinajstić information content (AvgIpc) is 2.79. The van der Waals surface area contributed by atoms with E-state index in [1.165, 1.54) is 11.3 Å². The molecule has 0 atom stereocenters. The van der Waals surface area contributed by atoms with Gasteiger partial charge in [-0.25, -0.2) is 4.98 Å². The SMILES string of the molecule is CCN(CC)C(=O)CNc1nc2ccc(N)cc2s1. The predicted octanol–water partition coefficient (Wildman–Crippen LogP) is 2.16. The van der Waals surface area contributed by atoms with Gasteiger partial charge in [0.2, 0.25) is 5.91 Å². The standard InChI is InChI=1S/C13H18N4OS/c1-3-17(4-2)12(18)8-15-13-16-10-6-5-9(14)7-11(10)19-13/h5-7H,3-4,8,14H2,1-2H3,(H,15,16). The van der Waals surface area contributed by atoms with Gasteiger partial charge in [0.1, 0.15) is 0 Å². The highest BCUT2D eigenvalue weighted by Crippen LogP contribution is 2.27. The van der Waals surface area contributed by atoms with E-state index >= 15 is 0 Å². The Morgan fingerprint density at radius 2 is 2.16 bits per heavy atom. The second kappa shape index (κ2) is 5.88. The second-order valence-electron chi connectivity index (χ2n) is 4.17. The summed E-state index contributed by atoms with van der Waals surface area (Å²) in [6.07, 6.45) is 0. The molecule has 0 radical (unpaired) electrons. The minimum atomic E-state index is 0.0868. The zero-order valence-electron chi connectivity index (χ0n) is 11.1. The molecule has 2 aromatic rings. The van der Waals surface area contributed by atoms with Crippen LogP contribution >= 0.6 is 11.3 Å². The van der Waals surface area contributed by atoms with E-state index in [1.54, 1.807) is 4.90 Å². The summed E-state index contributed by atoms with van der Waals surface area (Å²) in [6.45, 7) is 5.68. The quantitative estimate of drug-likeness (QED) is 0.822. The maximum Gasteiger partial charge on any atom is 0.241 e. The van der Waals surface area contributed by atoms with Gasteiger partial charge in [-0.05, 0) is 32.0 Å². The highest BCUT2D eigenvalue weighted by Gasteiger charge is 2.10. The van der Waals surface area contributed by atoms with Crippen LogP contribution in [0.2, 0.25) is 0 Å². The summed E-state index contributed by atoms with van der Waals surface area (Å²) in [5.41, 5.74) is 7.35. The molecule has 2 rings (SSSR count). The largest absolute Gasteiger partial charge is 0.399 e. The number of nitrogens with two attached hydrogens (primary N) is 1. The number of hydrogen-bond donors (Lipinski definition) is 2. The van der Waals surface area contributed by atoms with Crippen molar-refractivity contribution in [3.05, 3.63) is 18.2 Å². The second-order valence-corrected chi connectivity index (χ2v) is 5.20. The number of amides is 1.